The zero-order valence-corrected chi connectivity index (χ0v) is 12.5. The lowest BCUT2D eigenvalue weighted by atomic mass is 10.0. The van der Waals surface area contributed by atoms with Crippen LogP contribution in [0.5, 0.6) is 0 Å². The Morgan fingerprint density at radius 1 is 1.43 bits per heavy atom. The largest absolute Gasteiger partial charge is 0.370 e. The lowest BCUT2D eigenvalue weighted by molar-refractivity contribution is -0.384. The molecule has 8 nitrogen and oxygen atoms in total. The number of hydrogen-bond donors (Lipinski definition) is 2. The number of nitrogens with zero attached hydrogens (tertiary/aromatic N) is 3. The quantitative estimate of drug-likeness (QED) is 0.630. The van der Waals surface area contributed by atoms with E-state index in [1.165, 1.54) is 6.07 Å². The normalized spacial score (nSPS) is 13.6. The van der Waals surface area contributed by atoms with Gasteiger partial charge in [-0.3, -0.25) is 19.6 Å². The average molecular weight is 315 g/mol. The monoisotopic (exact) mass is 315 g/mol. The maximum Gasteiger partial charge on any atom is 0.278 e. The predicted octanol–water partition coefficient (Wildman–Crippen LogP) is 0.979. The summed E-state index contributed by atoms with van der Waals surface area (Å²) in [6, 6.07) is 6.57. The second-order valence-electron chi connectivity index (χ2n) is 5.41. The van der Waals surface area contributed by atoms with Crippen LogP contribution >= 0.6 is 0 Å². The van der Waals surface area contributed by atoms with Crippen LogP contribution in [0.25, 0.3) is 11.3 Å². The van der Waals surface area contributed by atoms with Crippen LogP contribution < -0.4 is 11.1 Å². The Morgan fingerprint density at radius 2 is 2.22 bits per heavy atom. The maximum absolute atomic E-state index is 11.3. The molecule has 0 unspecified atom stereocenters. The first-order chi connectivity index (χ1) is 11.1. The highest BCUT2D eigenvalue weighted by molar-refractivity contribution is 5.74. The topological polar surface area (TPSA) is 116 Å². The minimum Gasteiger partial charge on any atom is -0.370 e. The smallest absolute Gasteiger partial charge is 0.278 e. The van der Waals surface area contributed by atoms with Crippen LogP contribution in [0.3, 0.4) is 0 Å². The molecule has 1 aromatic heterocycles. The number of para-hydroxylation sites is 1. The number of rotatable bonds is 5. The number of nitrogens with two attached hydrogens (primary N) is 1. The number of benzene rings is 1. The van der Waals surface area contributed by atoms with Crippen molar-refractivity contribution in [3.8, 4) is 11.3 Å². The highest BCUT2D eigenvalue weighted by Crippen LogP contribution is 2.33. The Bertz CT molecular complexity index is 768. The number of hydrogen-bond acceptors (Lipinski definition) is 5. The molecule has 0 fully saturated rings. The van der Waals surface area contributed by atoms with Crippen molar-refractivity contribution in [1.29, 1.82) is 0 Å². The van der Waals surface area contributed by atoms with Crippen LogP contribution in [0.15, 0.2) is 24.3 Å². The molecular weight excluding hydrogens is 298 g/mol. The van der Waals surface area contributed by atoms with E-state index in [0.717, 1.165) is 24.2 Å². The van der Waals surface area contributed by atoms with Crippen molar-refractivity contribution >= 4 is 11.6 Å². The molecule has 1 aliphatic rings. The molecule has 0 aliphatic carbocycles. The molecule has 3 rings (SSSR count). The lowest BCUT2D eigenvalue weighted by Gasteiger charge is -2.15. The number of aromatic nitrogens is 2. The van der Waals surface area contributed by atoms with Crippen molar-refractivity contribution in [3.63, 3.8) is 0 Å². The SMILES string of the molecule is NC(=O)CCn1nc(-c2ccccc2[N+](=O)[O-])c2c1CCNC2. The number of amides is 1. The van der Waals surface area contributed by atoms with Gasteiger partial charge in [-0.05, 0) is 6.07 Å². The van der Waals surface area contributed by atoms with Gasteiger partial charge in [0.15, 0.2) is 0 Å². The van der Waals surface area contributed by atoms with Crippen LogP contribution in [-0.2, 0) is 24.3 Å². The molecule has 0 radical (unpaired) electrons. The Kier molecular flexibility index (Phi) is 4.07. The number of primary amides is 1. The molecule has 0 atom stereocenters. The Hall–Kier alpha value is -2.74. The average Bonchev–Trinajstić information content (AvgIpc) is 2.91. The van der Waals surface area contributed by atoms with Crippen molar-refractivity contribution in [2.45, 2.75) is 25.9 Å². The number of carbonyl (C=O) groups excluding carboxylic acids is 1. The molecule has 1 amide bonds. The second kappa shape index (κ2) is 6.17. The van der Waals surface area contributed by atoms with Gasteiger partial charge < -0.3 is 11.1 Å². The number of nitro groups is 1. The minimum absolute atomic E-state index is 0.0282. The van der Waals surface area contributed by atoms with Gasteiger partial charge >= 0.3 is 0 Å². The fourth-order valence-corrected chi connectivity index (χ4v) is 2.87. The van der Waals surface area contributed by atoms with Gasteiger partial charge in [-0.1, -0.05) is 12.1 Å². The molecule has 0 spiro atoms. The lowest BCUT2D eigenvalue weighted by Crippen LogP contribution is -2.25. The number of aryl methyl sites for hydroxylation is 1. The zero-order valence-electron chi connectivity index (χ0n) is 12.5. The van der Waals surface area contributed by atoms with Crippen molar-refractivity contribution in [3.05, 3.63) is 45.6 Å². The van der Waals surface area contributed by atoms with Gasteiger partial charge in [-0.15, -0.1) is 0 Å². The summed E-state index contributed by atoms with van der Waals surface area (Å²) in [5, 5.41) is 19.1. The van der Waals surface area contributed by atoms with Gasteiger partial charge in [0.05, 0.1) is 10.5 Å². The molecular formula is C15H17N5O3. The van der Waals surface area contributed by atoms with Crippen molar-refractivity contribution in [1.82, 2.24) is 15.1 Å². The number of carbonyl (C=O) groups is 1. The highest BCUT2D eigenvalue weighted by atomic mass is 16.6. The van der Waals surface area contributed by atoms with Crippen molar-refractivity contribution in [2.24, 2.45) is 5.73 Å². The van der Waals surface area contributed by atoms with E-state index >= 15 is 0 Å². The van der Waals surface area contributed by atoms with E-state index in [0.29, 0.717) is 24.3 Å². The molecule has 0 saturated carbocycles. The fourth-order valence-electron chi connectivity index (χ4n) is 2.87. The van der Waals surface area contributed by atoms with E-state index < -0.39 is 10.8 Å². The van der Waals surface area contributed by atoms with E-state index in [1.807, 2.05) is 0 Å². The molecule has 3 N–H and O–H groups in total. The first-order valence-corrected chi connectivity index (χ1v) is 7.39. The third kappa shape index (κ3) is 2.93. The van der Waals surface area contributed by atoms with Crippen molar-refractivity contribution in [2.75, 3.05) is 6.54 Å². The van der Waals surface area contributed by atoms with Gasteiger partial charge in [0, 0.05) is 49.8 Å². The number of fused-ring (bicyclic) bond motifs is 1. The summed E-state index contributed by atoms with van der Waals surface area (Å²) in [5.74, 6) is -0.393. The van der Waals surface area contributed by atoms with E-state index in [4.69, 9.17) is 5.73 Å². The van der Waals surface area contributed by atoms with E-state index in [-0.39, 0.29) is 12.1 Å². The van der Waals surface area contributed by atoms with Crippen LogP contribution in [0.4, 0.5) is 5.69 Å². The van der Waals surface area contributed by atoms with E-state index in [2.05, 4.69) is 10.4 Å². The van der Waals surface area contributed by atoms with Crippen LogP contribution in [0, 0.1) is 10.1 Å². The van der Waals surface area contributed by atoms with Gasteiger partial charge in [-0.2, -0.15) is 5.10 Å². The van der Waals surface area contributed by atoms with Gasteiger partial charge in [-0.25, -0.2) is 0 Å². The number of nitrogens with one attached hydrogen (secondary N) is 1. The Morgan fingerprint density at radius 3 is 2.96 bits per heavy atom. The van der Waals surface area contributed by atoms with E-state index in [1.54, 1.807) is 22.9 Å². The van der Waals surface area contributed by atoms with Crippen molar-refractivity contribution < 1.29 is 9.72 Å². The molecule has 0 bridgehead atoms. The van der Waals surface area contributed by atoms with Gasteiger partial charge in [0.2, 0.25) is 5.91 Å². The van der Waals surface area contributed by atoms with E-state index in [9.17, 15) is 14.9 Å². The molecule has 2 heterocycles. The van der Waals surface area contributed by atoms with Gasteiger partial charge in [0.1, 0.15) is 5.69 Å². The summed E-state index contributed by atoms with van der Waals surface area (Å²) >= 11 is 0. The summed E-state index contributed by atoms with van der Waals surface area (Å²) in [7, 11) is 0. The molecule has 120 valence electrons. The summed E-state index contributed by atoms with van der Waals surface area (Å²) in [5.41, 5.74) is 8.31. The molecule has 0 saturated heterocycles. The zero-order chi connectivity index (χ0) is 16.4. The standard InChI is InChI=1S/C15H17N5O3/c16-14(21)6-8-19-12-5-7-17-9-11(12)15(18-19)10-3-1-2-4-13(10)20(22)23/h1-4,17H,5-9H2,(H2,16,21). The molecule has 8 heteroatoms. The van der Waals surface area contributed by atoms with Crippen LogP contribution in [-0.4, -0.2) is 27.2 Å². The number of nitro benzene ring substituents is 1. The van der Waals surface area contributed by atoms with Crippen LogP contribution in [0.2, 0.25) is 0 Å². The molecule has 1 aromatic carbocycles. The molecule has 1 aliphatic heterocycles. The predicted molar refractivity (Wildman–Crippen MR) is 83.5 cm³/mol. The highest BCUT2D eigenvalue weighted by Gasteiger charge is 2.25. The first-order valence-electron chi connectivity index (χ1n) is 7.39. The fraction of sp³-hybridized carbons (Fsp3) is 0.333. The summed E-state index contributed by atoms with van der Waals surface area (Å²) in [6.45, 7) is 1.80. The third-order valence-electron chi connectivity index (χ3n) is 3.93. The summed E-state index contributed by atoms with van der Waals surface area (Å²) in [4.78, 5) is 21.9. The third-order valence-corrected chi connectivity index (χ3v) is 3.93. The molecule has 23 heavy (non-hydrogen) atoms. The Labute approximate surface area is 132 Å². The minimum atomic E-state index is -0.402. The molecule has 2 aromatic rings. The summed E-state index contributed by atoms with van der Waals surface area (Å²) in [6.07, 6.45) is 0.958. The van der Waals surface area contributed by atoms with Gasteiger partial charge in [0.25, 0.3) is 5.69 Å². The second-order valence-corrected chi connectivity index (χ2v) is 5.41. The van der Waals surface area contributed by atoms with Crippen LogP contribution in [0.1, 0.15) is 17.7 Å². The first kappa shape index (κ1) is 15.2. The maximum atomic E-state index is 11.3. The summed E-state index contributed by atoms with van der Waals surface area (Å²) < 4.78 is 1.76. The Balaban J connectivity index is 2.09.